The van der Waals surface area contributed by atoms with E-state index in [9.17, 15) is 22.8 Å². The van der Waals surface area contributed by atoms with Crippen molar-refractivity contribution in [1.82, 2.24) is 0 Å². The van der Waals surface area contributed by atoms with Gasteiger partial charge in [0, 0.05) is 0 Å². The summed E-state index contributed by atoms with van der Waals surface area (Å²) in [6.45, 7) is 3.28. The highest BCUT2D eigenvalue weighted by Gasteiger charge is 2.38. The Balaban J connectivity index is 2.42. The smallest absolute Gasteiger partial charge is 0.417 e. The summed E-state index contributed by atoms with van der Waals surface area (Å²) in [5.74, 6) is -1.92. The Kier molecular flexibility index (Phi) is 7.55. The molecule has 30 heavy (non-hydrogen) atoms. The Morgan fingerprint density at radius 3 is 2.27 bits per heavy atom. The first-order valence-corrected chi connectivity index (χ1v) is 9.06. The quantitative estimate of drug-likeness (QED) is 0.540. The Hall–Kier alpha value is -2.94. The van der Waals surface area contributed by atoms with Crippen LogP contribution in [-0.2, 0) is 20.4 Å². The third kappa shape index (κ3) is 5.35. The van der Waals surface area contributed by atoms with Gasteiger partial charge in [0.15, 0.2) is 17.6 Å². The van der Waals surface area contributed by atoms with Crippen molar-refractivity contribution in [1.29, 1.82) is 0 Å². The molecule has 0 radical (unpaired) electrons. The van der Waals surface area contributed by atoms with Gasteiger partial charge in [-0.3, -0.25) is 0 Å². The lowest BCUT2D eigenvalue weighted by molar-refractivity contribution is -0.150. The number of para-hydroxylation sites is 2. The van der Waals surface area contributed by atoms with Gasteiger partial charge in [0.25, 0.3) is 0 Å². The molecule has 0 amide bonds. The minimum Gasteiger partial charge on any atom is -0.475 e. The molecule has 0 bridgehead atoms. The summed E-state index contributed by atoms with van der Waals surface area (Å²) in [5, 5.41) is -0.579. The zero-order chi connectivity index (χ0) is 22.5. The first kappa shape index (κ1) is 23.3. The van der Waals surface area contributed by atoms with E-state index < -0.39 is 40.4 Å². The molecule has 0 fully saturated rings. The number of methoxy groups -OCH3 is 1. The summed E-state index contributed by atoms with van der Waals surface area (Å²) in [4.78, 5) is 23.7. The van der Waals surface area contributed by atoms with Crippen LogP contribution in [0.3, 0.4) is 0 Å². The van der Waals surface area contributed by atoms with Gasteiger partial charge in [-0.1, -0.05) is 23.7 Å². The summed E-state index contributed by atoms with van der Waals surface area (Å²) in [7, 11) is 0.937. The van der Waals surface area contributed by atoms with Gasteiger partial charge in [-0.25, -0.2) is 9.59 Å². The number of carbonyl (C=O) groups is 2. The second-order valence-electron chi connectivity index (χ2n) is 5.85. The number of halogens is 4. The van der Waals surface area contributed by atoms with E-state index in [2.05, 4.69) is 4.74 Å². The number of carbonyl (C=O) groups excluding carboxylic acids is 2. The summed E-state index contributed by atoms with van der Waals surface area (Å²) >= 11 is 6.05. The number of benzene rings is 2. The molecule has 2 aromatic carbocycles. The highest BCUT2D eigenvalue weighted by Crippen LogP contribution is 2.42. The van der Waals surface area contributed by atoms with Crippen LogP contribution in [0.2, 0.25) is 5.02 Å². The van der Waals surface area contributed by atoms with Gasteiger partial charge in [-0.05, 0) is 38.1 Å². The minimum atomic E-state index is -4.83. The van der Waals surface area contributed by atoms with Crippen LogP contribution in [0.5, 0.6) is 17.2 Å². The Labute approximate surface area is 175 Å². The zero-order valence-electron chi connectivity index (χ0n) is 16.2. The van der Waals surface area contributed by atoms with Crippen LogP contribution in [0.4, 0.5) is 13.2 Å². The van der Waals surface area contributed by atoms with Crippen molar-refractivity contribution >= 4 is 23.5 Å². The van der Waals surface area contributed by atoms with Gasteiger partial charge in [0.05, 0.1) is 29.9 Å². The fourth-order valence-electron chi connectivity index (χ4n) is 2.42. The van der Waals surface area contributed by atoms with Crippen molar-refractivity contribution in [3.63, 3.8) is 0 Å². The van der Waals surface area contributed by atoms with Crippen molar-refractivity contribution in [3.05, 3.63) is 52.5 Å². The number of hydrogen-bond acceptors (Lipinski definition) is 6. The molecule has 2 rings (SSSR count). The van der Waals surface area contributed by atoms with Crippen molar-refractivity contribution in [2.75, 3.05) is 13.7 Å². The minimum absolute atomic E-state index is 0.0612. The second-order valence-corrected chi connectivity index (χ2v) is 6.23. The Bertz CT molecular complexity index is 929. The van der Waals surface area contributed by atoms with E-state index in [0.717, 1.165) is 13.2 Å². The lowest BCUT2D eigenvalue weighted by atomic mass is 10.1. The molecule has 0 N–H and O–H groups in total. The molecule has 0 aliphatic heterocycles. The van der Waals surface area contributed by atoms with Crippen LogP contribution in [-0.4, -0.2) is 31.8 Å². The lowest BCUT2D eigenvalue weighted by Crippen LogP contribution is -2.26. The normalized spacial score (nSPS) is 12.1. The van der Waals surface area contributed by atoms with Crippen LogP contribution in [0.25, 0.3) is 0 Å². The van der Waals surface area contributed by atoms with Crippen molar-refractivity contribution in [2.45, 2.75) is 26.1 Å². The fraction of sp³-hybridized carbons (Fsp3) is 0.300. The maximum atomic E-state index is 13.3. The third-order valence-corrected chi connectivity index (χ3v) is 4.17. The maximum absolute atomic E-state index is 13.3. The largest absolute Gasteiger partial charge is 0.475 e. The predicted molar refractivity (Wildman–Crippen MR) is 101 cm³/mol. The Morgan fingerprint density at radius 1 is 1.07 bits per heavy atom. The summed E-state index contributed by atoms with van der Waals surface area (Å²) in [6.07, 6.45) is -5.80. The van der Waals surface area contributed by atoms with Gasteiger partial charge >= 0.3 is 18.1 Å². The van der Waals surface area contributed by atoms with Gasteiger partial charge in [0.2, 0.25) is 0 Å². The van der Waals surface area contributed by atoms with E-state index in [-0.39, 0.29) is 23.9 Å². The molecule has 0 heterocycles. The molecule has 162 valence electrons. The van der Waals surface area contributed by atoms with Crippen LogP contribution in [0.1, 0.15) is 29.8 Å². The topological polar surface area (TPSA) is 71.1 Å². The van der Waals surface area contributed by atoms with E-state index in [1.165, 1.54) is 19.1 Å². The summed E-state index contributed by atoms with van der Waals surface area (Å²) < 4.78 is 60.2. The highest BCUT2D eigenvalue weighted by atomic mass is 35.5. The zero-order valence-corrected chi connectivity index (χ0v) is 17.0. The standard InChI is InChI=1S/C20H18ClF3O6/c1-4-28-18(25)11(2)29-13-7-5-6-8-14(13)30-15-10-9-12(20(22,23)24)16(17(15)21)19(26)27-3/h5-11H,4H2,1-3H3. The monoisotopic (exact) mass is 446 g/mol. The predicted octanol–water partition coefficient (Wildman–Crippen LogP) is 5.27. The molecule has 1 atom stereocenters. The van der Waals surface area contributed by atoms with Crippen LogP contribution in [0, 0.1) is 0 Å². The maximum Gasteiger partial charge on any atom is 0.417 e. The van der Waals surface area contributed by atoms with E-state index in [1.807, 2.05) is 0 Å². The Morgan fingerprint density at radius 2 is 1.70 bits per heavy atom. The SMILES string of the molecule is CCOC(=O)C(C)Oc1ccccc1Oc1ccc(C(F)(F)F)c(C(=O)OC)c1Cl. The van der Waals surface area contributed by atoms with Crippen LogP contribution in [0.15, 0.2) is 36.4 Å². The molecule has 0 saturated heterocycles. The molecule has 10 heteroatoms. The van der Waals surface area contributed by atoms with E-state index in [1.54, 1.807) is 19.1 Å². The average Bonchev–Trinajstić information content (AvgIpc) is 2.69. The van der Waals surface area contributed by atoms with Crippen LogP contribution < -0.4 is 9.47 Å². The molecule has 0 aliphatic rings. The number of ether oxygens (including phenoxy) is 4. The van der Waals surface area contributed by atoms with Crippen LogP contribution >= 0.6 is 11.6 Å². The van der Waals surface area contributed by atoms with E-state index in [4.69, 9.17) is 25.8 Å². The molecular formula is C20H18ClF3O6. The number of rotatable bonds is 7. The summed E-state index contributed by atoms with van der Waals surface area (Å²) in [5.41, 5.74) is -2.13. The average molecular weight is 447 g/mol. The van der Waals surface area contributed by atoms with Crippen molar-refractivity contribution in [3.8, 4) is 17.2 Å². The van der Waals surface area contributed by atoms with Crippen molar-refractivity contribution in [2.24, 2.45) is 0 Å². The number of alkyl halides is 3. The third-order valence-electron chi connectivity index (χ3n) is 3.79. The number of hydrogen-bond donors (Lipinski definition) is 0. The molecule has 0 aromatic heterocycles. The highest BCUT2D eigenvalue weighted by molar-refractivity contribution is 6.35. The van der Waals surface area contributed by atoms with Gasteiger partial charge < -0.3 is 18.9 Å². The first-order chi connectivity index (χ1) is 14.1. The number of esters is 2. The first-order valence-electron chi connectivity index (χ1n) is 8.68. The van der Waals surface area contributed by atoms with Crippen molar-refractivity contribution < 1.29 is 41.7 Å². The van der Waals surface area contributed by atoms with Gasteiger partial charge in [-0.15, -0.1) is 0 Å². The van der Waals surface area contributed by atoms with E-state index >= 15 is 0 Å². The van der Waals surface area contributed by atoms with E-state index in [0.29, 0.717) is 6.07 Å². The molecule has 0 saturated carbocycles. The second kappa shape index (κ2) is 9.71. The summed E-state index contributed by atoms with van der Waals surface area (Å²) in [6, 6.07) is 7.77. The molecule has 6 nitrogen and oxygen atoms in total. The molecule has 1 unspecified atom stereocenters. The lowest BCUT2D eigenvalue weighted by Gasteiger charge is -2.18. The fourth-order valence-corrected chi connectivity index (χ4v) is 2.70. The molecular weight excluding hydrogens is 429 g/mol. The molecule has 0 aliphatic carbocycles. The van der Waals surface area contributed by atoms with Gasteiger partial charge in [0.1, 0.15) is 5.75 Å². The molecule has 2 aromatic rings. The molecule has 0 spiro atoms. The van der Waals surface area contributed by atoms with Gasteiger partial charge in [-0.2, -0.15) is 13.2 Å².